The Morgan fingerprint density at radius 2 is 2.08 bits per heavy atom. The summed E-state index contributed by atoms with van der Waals surface area (Å²) >= 11 is 3.48. The number of aromatic nitrogens is 3. The first-order valence-corrected chi connectivity index (χ1v) is 9.09. The number of ether oxygens (including phenoxy) is 1. The minimum atomic E-state index is -0.0793. The average Bonchev–Trinajstić information content (AvgIpc) is 3.04. The standard InChI is InChI=1S/C18H18BrN5O2/c1-23-10-21-15-16(23)13(18(25)24-5-7-26-8-6-24)14(22-17(15)20)11-3-2-4-12(19)9-11/h2-4,9-10H,5-8H2,1H3,(H2,20,22). The third-order valence-corrected chi connectivity index (χ3v) is 4.99. The highest BCUT2D eigenvalue weighted by atomic mass is 79.9. The molecule has 0 unspecified atom stereocenters. The summed E-state index contributed by atoms with van der Waals surface area (Å²) in [5, 5.41) is 0. The molecule has 1 aliphatic heterocycles. The van der Waals surface area contributed by atoms with Crippen LogP contribution in [0.3, 0.4) is 0 Å². The number of carbonyl (C=O) groups is 1. The molecule has 3 aromatic rings. The van der Waals surface area contributed by atoms with Crippen molar-refractivity contribution < 1.29 is 9.53 Å². The van der Waals surface area contributed by atoms with Crippen LogP contribution in [0.1, 0.15) is 10.4 Å². The lowest BCUT2D eigenvalue weighted by molar-refractivity contribution is 0.0304. The van der Waals surface area contributed by atoms with Crippen molar-refractivity contribution in [3.63, 3.8) is 0 Å². The zero-order valence-electron chi connectivity index (χ0n) is 14.3. The number of halogens is 1. The molecule has 1 aliphatic rings. The average molecular weight is 416 g/mol. The number of benzene rings is 1. The Balaban J connectivity index is 1.98. The second-order valence-corrected chi connectivity index (χ2v) is 7.10. The number of imidazole rings is 1. The number of anilines is 1. The van der Waals surface area contributed by atoms with Crippen LogP contribution in [0.25, 0.3) is 22.3 Å². The van der Waals surface area contributed by atoms with Gasteiger partial charge in [-0.3, -0.25) is 4.79 Å². The minimum Gasteiger partial charge on any atom is -0.382 e. The molecule has 0 saturated carbocycles. The third-order valence-electron chi connectivity index (χ3n) is 4.50. The molecular weight excluding hydrogens is 398 g/mol. The maximum absolute atomic E-state index is 13.4. The van der Waals surface area contributed by atoms with Gasteiger partial charge in [0, 0.05) is 30.2 Å². The Morgan fingerprint density at radius 1 is 1.31 bits per heavy atom. The maximum atomic E-state index is 13.4. The summed E-state index contributed by atoms with van der Waals surface area (Å²) in [4.78, 5) is 24.1. The molecule has 134 valence electrons. The molecule has 0 radical (unpaired) electrons. The van der Waals surface area contributed by atoms with Crippen LogP contribution in [0.5, 0.6) is 0 Å². The molecule has 8 heteroatoms. The van der Waals surface area contributed by atoms with E-state index >= 15 is 0 Å². The fourth-order valence-electron chi connectivity index (χ4n) is 3.23. The second-order valence-electron chi connectivity index (χ2n) is 6.19. The van der Waals surface area contributed by atoms with Crippen molar-refractivity contribution in [2.24, 2.45) is 7.05 Å². The number of amides is 1. The minimum absolute atomic E-state index is 0.0793. The van der Waals surface area contributed by atoms with Crippen molar-refractivity contribution >= 4 is 38.7 Å². The van der Waals surface area contributed by atoms with Gasteiger partial charge >= 0.3 is 0 Å². The number of carbonyl (C=O) groups excluding carboxylic acids is 1. The van der Waals surface area contributed by atoms with E-state index in [-0.39, 0.29) is 5.91 Å². The zero-order valence-corrected chi connectivity index (χ0v) is 15.9. The molecule has 0 atom stereocenters. The fraction of sp³-hybridized carbons (Fsp3) is 0.278. The van der Waals surface area contributed by atoms with Gasteiger partial charge in [0.1, 0.15) is 5.52 Å². The number of hydrogen-bond donors (Lipinski definition) is 1. The second kappa shape index (κ2) is 6.69. The van der Waals surface area contributed by atoms with E-state index in [2.05, 4.69) is 25.9 Å². The van der Waals surface area contributed by atoms with Crippen LogP contribution < -0.4 is 5.73 Å². The van der Waals surface area contributed by atoms with E-state index in [9.17, 15) is 4.79 Å². The third kappa shape index (κ3) is 2.85. The summed E-state index contributed by atoms with van der Waals surface area (Å²) in [7, 11) is 1.86. The van der Waals surface area contributed by atoms with Gasteiger partial charge in [0.2, 0.25) is 0 Å². The summed E-state index contributed by atoms with van der Waals surface area (Å²) in [5.74, 6) is 0.235. The Kier molecular flexibility index (Phi) is 4.37. The van der Waals surface area contributed by atoms with Gasteiger partial charge in [0.15, 0.2) is 5.82 Å². The summed E-state index contributed by atoms with van der Waals surface area (Å²) in [6.07, 6.45) is 1.66. The molecule has 4 rings (SSSR count). The SMILES string of the molecule is Cn1cnc2c(N)nc(-c3cccc(Br)c3)c(C(=O)N3CCOCC3)c21. The number of nitrogen functional groups attached to an aromatic ring is 1. The Labute approximate surface area is 158 Å². The van der Waals surface area contributed by atoms with E-state index in [1.807, 2.05) is 35.9 Å². The molecule has 1 aromatic carbocycles. The van der Waals surface area contributed by atoms with Gasteiger partial charge in [-0.1, -0.05) is 28.1 Å². The molecule has 1 fully saturated rings. The highest BCUT2D eigenvalue weighted by Crippen LogP contribution is 2.33. The highest BCUT2D eigenvalue weighted by molar-refractivity contribution is 9.10. The number of nitrogens with two attached hydrogens (primary N) is 1. The van der Waals surface area contributed by atoms with Gasteiger partial charge in [-0.25, -0.2) is 9.97 Å². The van der Waals surface area contributed by atoms with E-state index in [1.54, 1.807) is 11.2 Å². The number of morpholine rings is 1. The van der Waals surface area contributed by atoms with Crippen LogP contribution in [0.4, 0.5) is 5.82 Å². The van der Waals surface area contributed by atoms with E-state index in [1.165, 1.54) is 0 Å². The Hall–Kier alpha value is -2.45. The van der Waals surface area contributed by atoms with Crippen LogP contribution in [-0.2, 0) is 11.8 Å². The lowest BCUT2D eigenvalue weighted by Gasteiger charge is -2.28. The maximum Gasteiger partial charge on any atom is 0.258 e. The molecule has 1 saturated heterocycles. The number of hydrogen-bond acceptors (Lipinski definition) is 5. The van der Waals surface area contributed by atoms with Gasteiger partial charge in [-0.05, 0) is 12.1 Å². The number of aryl methyl sites for hydroxylation is 1. The normalized spacial score (nSPS) is 14.8. The Morgan fingerprint density at radius 3 is 2.81 bits per heavy atom. The molecule has 0 spiro atoms. The molecule has 26 heavy (non-hydrogen) atoms. The van der Waals surface area contributed by atoms with Gasteiger partial charge in [-0.2, -0.15) is 0 Å². The lowest BCUT2D eigenvalue weighted by atomic mass is 10.0. The van der Waals surface area contributed by atoms with Gasteiger partial charge in [0.05, 0.1) is 36.3 Å². The molecule has 3 heterocycles. The van der Waals surface area contributed by atoms with E-state index in [0.29, 0.717) is 54.4 Å². The number of pyridine rings is 1. The van der Waals surface area contributed by atoms with Gasteiger partial charge in [0.25, 0.3) is 5.91 Å². The van der Waals surface area contributed by atoms with Crippen molar-refractivity contribution in [3.05, 3.63) is 40.6 Å². The number of nitrogens with zero attached hydrogens (tertiary/aromatic N) is 4. The molecule has 2 aromatic heterocycles. The Bertz CT molecular complexity index is 995. The molecule has 1 amide bonds. The van der Waals surface area contributed by atoms with Crippen LogP contribution in [-0.4, -0.2) is 51.6 Å². The topological polar surface area (TPSA) is 86.3 Å². The fourth-order valence-corrected chi connectivity index (χ4v) is 3.62. The summed E-state index contributed by atoms with van der Waals surface area (Å²) in [6.45, 7) is 2.19. The van der Waals surface area contributed by atoms with E-state index in [0.717, 1.165) is 10.0 Å². The first-order chi connectivity index (χ1) is 12.6. The van der Waals surface area contributed by atoms with Crippen molar-refractivity contribution in [2.45, 2.75) is 0 Å². The molecule has 2 N–H and O–H groups in total. The first kappa shape index (κ1) is 17.0. The predicted molar refractivity (Wildman–Crippen MR) is 103 cm³/mol. The monoisotopic (exact) mass is 415 g/mol. The lowest BCUT2D eigenvalue weighted by Crippen LogP contribution is -2.41. The van der Waals surface area contributed by atoms with Crippen LogP contribution in [0.15, 0.2) is 35.1 Å². The van der Waals surface area contributed by atoms with Crippen molar-refractivity contribution in [2.75, 3.05) is 32.0 Å². The quantitative estimate of drug-likeness (QED) is 0.694. The van der Waals surface area contributed by atoms with E-state index in [4.69, 9.17) is 10.5 Å². The molecule has 0 bridgehead atoms. The van der Waals surface area contributed by atoms with Crippen LogP contribution in [0.2, 0.25) is 0 Å². The number of rotatable bonds is 2. The molecular formula is C18H18BrN5O2. The first-order valence-electron chi connectivity index (χ1n) is 8.29. The molecule has 0 aliphatic carbocycles. The largest absolute Gasteiger partial charge is 0.382 e. The summed E-state index contributed by atoms with van der Waals surface area (Å²) in [6, 6.07) is 7.69. The highest BCUT2D eigenvalue weighted by Gasteiger charge is 2.27. The summed E-state index contributed by atoms with van der Waals surface area (Å²) < 4.78 is 8.11. The van der Waals surface area contributed by atoms with Crippen molar-refractivity contribution in [3.8, 4) is 11.3 Å². The smallest absolute Gasteiger partial charge is 0.258 e. The number of fused-ring (bicyclic) bond motifs is 1. The van der Waals surface area contributed by atoms with Gasteiger partial charge in [-0.15, -0.1) is 0 Å². The summed E-state index contributed by atoms with van der Waals surface area (Å²) in [5.41, 5.74) is 9.31. The van der Waals surface area contributed by atoms with Crippen LogP contribution in [0, 0.1) is 0 Å². The van der Waals surface area contributed by atoms with Crippen molar-refractivity contribution in [1.82, 2.24) is 19.4 Å². The van der Waals surface area contributed by atoms with Gasteiger partial charge < -0.3 is 19.9 Å². The van der Waals surface area contributed by atoms with Crippen molar-refractivity contribution in [1.29, 1.82) is 0 Å². The predicted octanol–water partition coefficient (Wildman–Crippen LogP) is 2.45. The zero-order chi connectivity index (χ0) is 18.3. The molecule has 7 nitrogen and oxygen atoms in total. The van der Waals surface area contributed by atoms with E-state index < -0.39 is 0 Å². The van der Waals surface area contributed by atoms with Crippen LogP contribution >= 0.6 is 15.9 Å².